The molecular weight excluding hydrogens is 436 g/mol. The summed E-state index contributed by atoms with van der Waals surface area (Å²) in [6.45, 7) is 6.88. The van der Waals surface area contributed by atoms with Gasteiger partial charge in [-0.3, -0.25) is 0 Å². The third-order valence-corrected chi connectivity index (χ3v) is 8.11. The Bertz CT molecular complexity index is 605. The monoisotopic (exact) mass is 500 g/mol. The van der Waals surface area contributed by atoms with Gasteiger partial charge in [-0.05, 0) is 61.3 Å². The van der Waals surface area contributed by atoms with Crippen molar-refractivity contribution in [2.75, 3.05) is 0 Å². The Kier molecular flexibility index (Phi) is 22.4. The van der Waals surface area contributed by atoms with Gasteiger partial charge in [0.05, 0.1) is 0 Å². The van der Waals surface area contributed by atoms with Gasteiger partial charge in [-0.15, -0.1) is 0 Å². The predicted molar refractivity (Wildman–Crippen MR) is 162 cm³/mol. The SMILES string of the molecule is CCCCCCCCCCCCc1c(O)ccc(CCCCCCC)c1CCCCCCCCCC. The second-order valence-electron chi connectivity index (χ2n) is 11.5. The maximum absolute atomic E-state index is 10.8. The van der Waals surface area contributed by atoms with Crippen LogP contribution in [0.25, 0.3) is 0 Å². The molecule has 0 heterocycles. The minimum absolute atomic E-state index is 0.565. The Hall–Kier alpha value is -0.980. The third-order valence-electron chi connectivity index (χ3n) is 8.11. The summed E-state index contributed by atoms with van der Waals surface area (Å²) < 4.78 is 0. The zero-order valence-electron chi connectivity index (χ0n) is 25.0. The maximum Gasteiger partial charge on any atom is 0.119 e. The molecule has 1 N–H and O–H groups in total. The number of unbranched alkanes of at least 4 members (excludes halogenated alkanes) is 20. The van der Waals surface area contributed by atoms with Crippen molar-refractivity contribution in [3.63, 3.8) is 0 Å². The molecule has 1 aromatic rings. The Morgan fingerprint density at radius 3 is 1.14 bits per heavy atom. The van der Waals surface area contributed by atoms with Crippen LogP contribution < -0.4 is 0 Å². The third kappa shape index (κ3) is 16.7. The molecule has 0 amide bonds. The van der Waals surface area contributed by atoms with Gasteiger partial charge in [0.15, 0.2) is 0 Å². The second-order valence-corrected chi connectivity index (χ2v) is 11.5. The molecule has 1 rings (SSSR count). The van der Waals surface area contributed by atoms with Crippen molar-refractivity contribution < 1.29 is 5.11 Å². The molecule has 210 valence electrons. The van der Waals surface area contributed by atoms with Gasteiger partial charge in [0.2, 0.25) is 0 Å². The van der Waals surface area contributed by atoms with Crippen LogP contribution in [-0.2, 0) is 19.3 Å². The number of aryl methyl sites for hydroxylation is 1. The minimum Gasteiger partial charge on any atom is -0.508 e. The lowest BCUT2D eigenvalue weighted by molar-refractivity contribution is 0.463. The van der Waals surface area contributed by atoms with Crippen LogP contribution in [0.15, 0.2) is 12.1 Å². The van der Waals surface area contributed by atoms with Gasteiger partial charge < -0.3 is 5.11 Å². The summed E-state index contributed by atoms with van der Waals surface area (Å²) in [6, 6.07) is 4.25. The summed E-state index contributed by atoms with van der Waals surface area (Å²) in [4.78, 5) is 0. The van der Waals surface area contributed by atoms with Crippen molar-refractivity contribution >= 4 is 0 Å². The number of hydrogen-bond acceptors (Lipinski definition) is 1. The molecule has 1 heteroatoms. The average Bonchev–Trinajstić information content (AvgIpc) is 2.88. The fourth-order valence-electron chi connectivity index (χ4n) is 5.70. The van der Waals surface area contributed by atoms with Crippen LogP contribution in [0, 0.1) is 0 Å². The number of benzene rings is 1. The molecule has 36 heavy (non-hydrogen) atoms. The van der Waals surface area contributed by atoms with Crippen molar-refractivity contribution in [3.05, 3.63) is 28.8 Å². The van der Waals surface area contributed by atoms with Crippen molar-refractivity contribution in [1.82, 2.24) is 0 Å². The average molecular weight is 501 g/mol. The van der Waals surface area contributed by atoms with Gasteiger partial charge in [0, 0.05) is 0 Å². The lowest BCUT2D eigenvalue weighted by Gasteiger charge is -2.17. The fraction of sp³-hybridized carbons (Fsp3) is 0.829. The van der Waals surface area contributed by atoms with E-state index in [1.165, 1.54) is 177 Å². The summed E-state index contributed by atoms with van der Waals surface area (Å²) in [5.74, 6) is 0.565. The van der Waals surface area contributed by atoms with Crippen LogP contribution >= 0.6 is 0 Å². The number of rotatable bonds is 26. The molecule has 0 aliphatic heterocycles. The van der Waals surface area contributed by atoms with Crippen LogP contribution in [0.5, 0.6) is 5.75 Å². The molecule has 1 nitrogen and oxygen atoms in total. The molecule has 0 bridgehead atoms. The van der Waals surface area contributed by atoms with Crippen LogP contribution in [-0.4, -0.2) is 5.11 Å². The van der Waals surface area contributed by atoms with Crippen molar-refractivity contribution in [1.29, 1.82) is 0 Å². The van der Waals surface area contributed by atoms with Gasteiger partial charge in [-0.2, -0.15) is 0 Å². The highest BCUT2D eigenvalue weighted by Crippen LogP contribution is 2.30. The predicted octanol–water partition coefficient (Wildman–Crippen LogP) is 12.1. The summed E-state index contributed by atoms with van der Waals surface area (Å²) in [7, 11) is 0. The molecule has 0 saturated carbocycles. The zero-order chi connectivity index (χ0) is 26.1. The molecule has 0 spiro atoms. The molecule has 0 atom stereocenters. The van der Waals surface area contributed by atoms with E-state index >= 15 is 0 Å². The molecular formula is C35H64O. The van der Waals surface area contributed by atoms with E-state index in [9.17, 15) is 5.11 Å². The topological polar surface area (TPSA) is 20.2 Å². The second kappa shape index (κ2) is 24.4. The highest BCUT2D eigenvalue weighted by atomic mass is 16.3. The molecule has 0 aromatic heterocycles. The first-order chi connectivity index (χ1) is 17.7. The van der Waals surface area contributed by atoms with Gasteiger partial charge in [0.1, 0.15) is 5.75 Å². The van der Waals surface area contributed by atoms with E-state index in [-0.39, 0.29) is 0 Å². The number of phenolic OH excluding ortho intramolecular Hbond substituents is 1. The van der Waals surface area contributed by atoms with Gasteiger partial charge >= 0.3 is 0 Å². The first kappa shape index (κ1) is 33.0. The van der Waals surface area contributed by atoms with E-state index in [1.54, 1.807) is 0 Å². The molecule has 0 aliphatic carbocycles. The summed E-state index contributed by atoms with van der Waals surface area (Å²) in [5, 5.41) is 10.8. The lowest BCUT2D eigenvalue weighted by Crippen LogP contribution is -2.03. The minimum atomic E-state index is 0.565. The van der Waals surface area contributed by atoms with E-state index in [2.05, 4.69) is 26.8 Å². The number of phenols is 1. The van der Waals surface area contributed by atoms with E-state index in [0.717, 1.165) is 6.42 Å². The van der Waals surface area contributed by atoms with Gasteiger partial charge in [0.25, 0.3) is 0 Å². The summed E-state index contributed by atoms with van der Waals surface area (Å²) in [6.07, 6.45) is 34.8. The maximum atomic E-state index is 10.8. The number of hydrogen-bond donors (Lipinski definition) is 1. The first-order valence-electron chi connectivity index (χ1n) is 16.6. The van der Waals surface area contributed by atoms with Crippen molar-refractivity contribution in [2.24, 2.45) is 0 Å². The Morgan fingerprint density at radius 1 is 0.389 bits per heavy atom. The molecule has 0 aliphatic rings. The largest absolute Gasteiger partial charge is 0.508 e. The van der Waals surface area contributed by atoms with Gasteiger partial charge in [-0.1, -0.05) is 155 Å². The zero-order valence-corrected chi connectivity index (χ0v) is 25.0. The Labute approximate surface area is 227 Å². The van der Waals surface area contributed by atoms with Crippen molar-refractivity contribution in [3.8, 4) is 5.75 Å². The van der Waals surface area contributed by atoms with Crippen LogP contribution in [0.1, 0.15) is 185 Å². The van der Waals surface area contributed by atoms with Crippen LogP contribution in [0.3, 0.4) is 0 Å². The fourth-order valence-corrected chi connectivity index (χ4v) is 5.70. The quantitative estimate of drug-likeness (QED) is 0.125. The van der Waals surface area contributed by atoms with E-state index in [0.29, 0.717) is 5.75 Å². The summed E-state index contributed by atoms with van der Waals surface area (Å²) >= 11 is 0. The number of aromatic hydroxyl groups is 1. The normalized spacial score (nSPS) is 11.4. The van der Waals surface area contributed by atoms with E-state index in [1.807, 2.05) is 6.07 Å². The van der Waals surface area contributed by atoms with E-state index < -0.39 is 0 Å². The highest BCUT2D eigenvalue weighted by Gasteiger charge is 2.13. The van der Waals surface area contributed by atoms with Crippen LogP contribution in [0.4, 0.5) is 0 Å². The Balaban J connectivity index is 2.53. The lowest BCUT2D eigenvalue weighted by atomic mass is 9.89. The van der Waals surface area contributed by atoms with Crippen molar-refractivity contribution in [2.45, 2.75) is 188 Å². The van der Waals surface area contributed by atoms with Gasteiger partial charge in [-0.25, -0.2) is 0 Å². The molecule has 0 fully saturated rings. The van der Waals surface area contributed by atoms with E-state index in [4.69, 9.17) is 0 Å². The molecule has 0 radical (unpaired) electrons. The smallest absolute Gasteiger partial charge is 0.119 e. The Morgan fingerprint density at radius 2 is 0.722 bits per heavy atom. The van der Waals surface area contributed by atoms with Crippen LogP contribution in [0.2, 0.25) is 0 Å². The molecule has 0 unspecified atom stereocenters. The molecule has 0 saturated heterocycles. The standard InChI is InChI=1S/C35H64O/c1-4-7-10-13-15-17-18-20-23-26-29-34-33(28-25-22-19-16-14-11-8-5-2)32(30-31-35(34)36)27-24-21-12-9-6-3/h30-31,36H,4-29H2,1-3H3. The first-order valence-corrected chi connectivity index (χ1v) is 16.6. The molecule has 1 aromatic carbocycles. The summed E-state index contributed by atoms with van der Waals surface area (Å²) in [5.41, 5.74) is 4.35. The highest BCUT2D eigenvalue weighted by molar-refractivity contribution is 5.45.